The topological polar surface area (TPSA) is 110 Å². The molecule has 6 N–H and O–H groups in total. The summed E-state index contributed by atoms with van der Waals surface area (Å²) in [6.45, 7) is 6.00. The van der Waals surface area contributed by atoms with Gasteiger partial charge < -0.3 is 22.1 Å². The van der Waals surface area contributed by atoms with Crippen molar-refractivity contribution in [3.63, 3.8) is 0 Å². The van der Waals surface area contributed by atoms with Gasteiger partial charge in [0.05, 0.1) is 0 Å². The van der Waals surface area contributed by atoms with Crippen molar-refractivity contribution in [2.45, 2.75) is 51.6 Å². The number of primary amides is 1. The third-order valence-corrected chi connectivity index (χ3v) is 2.45. The summed E-state index contributed by atoms with van der Waals surface area (Å²) in [4.78, 5) is 22.7. The molecule has 6 heteroatoms. The van der Waals surface area contributed by atoms with E-state index >= 15 is 0 Å². The van der Waals surface area contributed by atoms with Crippen LogP contribution in [0, 0.1) is 0 Å². The molecule has 0 spiro atoms. The number of rotatable bonds is 7. The molecule has 0 aliphatic rings. The van der Waals surface area contributed by atoms with Gasteiger partial charge in [-0.05, 0) is 20.3 Å². The van der Waals surface area contributed by atoms with Crippen molar-refractivity contribution >= 4 is 11.9 Å². The Balaban J connectivity index is 4.46. The molecule has 0 radical (unpaired) electrons. The third-order valence-electron chi connectivity index (χ3n) is 2.45. The summed E-state index contributed by atoms with van der Waals surface area (Å²) in [5.41, 5.74) is 10.1. The van der Waals surface area contributed by atoms with E-state index in [1.165, 1.54) is 0 Å². The molecule has 0 aromatic carbocycles. The fourth-order valence-electron chi connectivity index (χ4n) is 1.32. The summed E-state index contributed by atoms with van der Waals surface area (Å²) < 4.78 is 0. The molecule has 0 aromatic rings. The first-order valence-corrected chi connectivity index (χ1v) is 5.90. The maximum Gasteiger partial charge on any atom is 0.312 e. The van der Waals surface area contributed by atoms with E-state index in [1.807, 2.05) is 20.8 Å². The summed E-state index contributed by atoms with van der Waals surface area (Å²) in [5, 5.41) is 5.23. The summed E-state index contributed by atoms with van der Waals surface area (Å²) in [6.07, 6.45) is 2.37. The van der Waals surface area contributed by atoms with Crippen molar-refractivity contribution in [2.75, 3.05) is 6.54 Å². The highest BCUT2D eigenvalue weighted by atomic mass is 16.2. The Kier molecular flexibility index (Phi) is 6.57. The van der Waals surface area contributed by atoms with Crippen LogP contribution in [0.2, 0.25) is 0 Å². The van der Waals surface area contributed by atoms with Gasteiger partial charge in [0.25, 0.3) is 0 Å². The van der Waals surface area contributed by atoms with Gasteiger partial charge in [-0.2, -0.15) is 0 Å². The van der Waals surface area contributed by atoms with Gasteiger partial charge in [0.1, 0.15) is 6.04 Å². The second kappa shape index (κ2) is 7.11. The van der Waals surface area contributed by atoms with Crippen LogP contribution in [0.3, 0.4) is 0 Å². The fourth-order valence-corrected chi connectivity index (χ4v) is 1.32. The Morgan fingerprint density at radius 2 is 1.94 bits per heavy atom. The molecule has 0 heterocycles. The first-order valence-electron chi connectivity index (χ1n) is 5.90. The Morgan fingerprint density at radius 1 is 1.35 bits per heavy atom. The van der Waals surface area contributed by atoms with E-state index in [1.54, 1.807) is 0 Å². The first kappa shape index (κ1) is 15.7. The van der Waals surface area contributed by atoms with Crippen LogP contribution in [-0.2, 0) is 4.79 Å². The van der Waals surface area contributed by atoms with Gasteiger partial charge in [0.15, 0.2) is 0 Å². The monoisotopic (exact) mass is 244 g/mol. The average molecular weight is 244 g/mol. The van der Waals surface area contributed by atoms with Crippen molar-refractivity contribution in [1.29, 1.82) is 0 Å². The normalized spacial score (nSPS) is 12.9. The van der Waals surface area contributed by atoms with Gasteiger partial charge in [0, 0.05) is 12.1 Å². The van der Waals surface area contributed by atoms with E-state index in [-0.39, 0.29) is 5.91 Å². The minimum atomic E-state index is -0.688. The molecule has 0 rings (SSSR count). The van der Waals surface area contributed by atoms with Crippen LogP contribution in [0.5, 0.6) is 0 Å². The summed E-state index contributed by atoms with van der Waals surface area (Å²) >= 11 is 0. The van der Waals surface area contributed by atoms with Crippen molar-refractivity contribution in [3.05, 3.63) is 0 Å². The maximum atomic E-state index is 11.9. The lowest BCUT2D eigenvalue weighted by Gasteiger charge is -2.27. The zero-order chi connectivity index (χ0) is 13.5. The van der Waals surface area contributed by atoms with Gasteiger partial charge in [-0.1, -0.05) is 19.8 Å². The van der Waals surface area contributed by atoms with Crippen molar-refractivity contribution in [1.82, 2.24) is 10.6 Å². The highest BCUT2D eigenvalue weighted by Gasteiger charge is 2.25. The van der Waals surface area contributed by atoms with E-state index < -0.39 is 17.6 Å². The molecule has 6 nitrogen and oxygen atoms in total. The standard InChI is InChI=1S/C11H24N4O2/c1-4-5-6-8(14-10(13)17)9(16)15-11(2,3)7-12/h8H,4-7,12H2,1-3H3,(H,15,16)(H3,13,14,17). The molecule has 0 aliphatic carbocycles. The fraction of sp³-hybridized carbons (Fsp3) is 0.818. The van der Waals surface area contributed by atoms with Gasteiger partial charge in [-0.15, -0.1) is 0 Å². The zero-order valence-corrected chi connectivity index (χ0v) is 10.9. The number of unbranched alkanes of at least 4 members (excludes halogenated alkanes) is 1. The molecule has 0 saturated carbocycles. The molecule has 17 heavy (non-hydrogen) atoms. The molecule has 0 aromatic heterocycles. The number of amides is 3. The van der Waals surface area contributed by atoms with Crippen LogP contribution < -0.4 is 22.1 Å². The largest absolute Gasteiger partial charge is 0.352 e. The van der Waals surface area contributed by atoms with Crippen LogP contribution in [0.4, 0.5) is 4.79 Å². The predicted molar refractivity (Wildman–Crippen MR) is 67.3 cm³/mol. The first-order chi connectivity index (χ1) is 7.82. The molecule has 1 unspecified atom stereocenters. The van der Waals surface area contributed by atoms with Crippen molar-refractivity contribution < 1.29 is 9.59 Å². The summed E-state index contributed by atoms with van der Waals surface area (Å²) in [7, 11) is 0. The highest BCUT2D eigenvalue weighted by Crippen LogP contribution is 2.04. The Labute approximate surface area is 102 Å². The SMILES string of the molecule is CCCCC(NC(N)=O)C(=O)NC(C)(C)CN. The van der Waals surface area contributed by atoms with Crippen LogP contribution in [0.25, 0.3) is 0 Å². The lowest BCUT2D eigenvalue weighted by atomic mass is 10.0. The number of nitrogens with two attached hydrogens (primary N) is 2. The Hall–Kier alpha value is -1.30. The van der Waals surface area contributed by atoms with Crippen molar-refractivity contribution in [3.8, 4) is 0 Å². The van der Waals surface area contributed by atoms with Gasteiger partial charge in [-0.25, -0.2) is 4.79 Å². The number of hydrogen-bond acceptors (Lipinski definition) is 3. The number of carbonyl (C=O) groups is 2. The van der Waals surface area contributed by atoms with E-state index in [0.717, 1.165) is 12.8 Å². The second-order valence-electron chi connectivity index (χ2n) is 4.78. The van der Waals surface area contributed by atoms with Gasteiger partial charge in [0.2, 0.25) is 5.91 Å². The molecule has 0 saturated heterocycles. The summed E-state index contributed by atoms with van der Waals surface area (Å²) in [5.74, 6) is -0.243. The van der Waals surface area contributed by atoms with Crippen LogP contribution >= 0.6 is 0 Å². The zero-order valence-electron chi connectivity index (χ0n) is 10.9. The van der Waals surface area contributed by atoms with E-state index in [0.29, 0.717) is 13.0 Å². The van der Waals surface area contributed by atoms with Crippen LogP contribution in [-0.4, -0.2) is 30.1 Å². The third kappa shape index (κ3) is 6.78. The van der Waals surface area contributed by atoms with Gasteiger partial charge in [-0.3, -0.25) is 4.79 Å². The van der Waals surface area contributed by atoms with Crippen LogP contribution in [0.1, 0.15) is 40.0 Å². The van der Waals surface area contributed by atoms with Crippen LogP contribution in [0.15, 0.2) is 0 Å². The average Bonchev–Trinajstić information content (AvgIpc) is 2.23. The summed E-state index contributed by atoms with van der Waals surface area (Å²) in [6, 6.07) is -1.27. The molecule has 0 fully saturated rings. The molecule has 0 bridgehead atoms. The Morgan fingerprint density at radius 3 is 2.35 bits per heavy atom. The van der Waals surface area contributed by atoms with E-state index in [4.69, 9.17) is 11.5 Å². The lowest BCUT2D eigenvalue weighted by molar-refractivity contribution is -0.124. The molecule has 100 valence electrons. The molecule has 3 amide bonds. The molecular weight excluding hydrogens is 220 g/mol. The second-order valence-corrected chi connectivity index (χ2v) is 4.78. The van der Waals surface area contributed by atoms with E-state index in [2.05, 4.69) is 10.6 Å². The van der Waals surface area contributed by atoms with Gasteiger partial charge >= 0.3 is 6.03 Å². The molecular formula is C11H24N4O2. The number of urea groups is 1. The predicted octanol–water partition coefficient (Wildman–Crippen LogP) is 0.0670. The number of carbonyl (C=O) groups excluding carboxylic acids is 2. The highest BCUT2D eigenvalue weighted by molar-refractivity contribution is 5.86. The smallest absolute Gasteiger partial charge is 0.312 e. The quantitative estimate of drug-likeness (QED) is 0.508. The lowest BCUT2D eigenvalue weighted by Crippen LogP contribution is -2.56. The number of hydrogen-bond donors (Lipinski definition) is 4. The Bertz CT molecular complexity index is 266. The molecule has 1 atom stereocenters. The number of nitrogens with one attached hydrogen (secondary N) is 2. The molecule has 0 aliphatic heterocycles. The minimum absolute atomic E-state index is 0.243. The maximum absolute atomic E-state index is 11.9. The minimum Gasteiger partial charge on any atom is -0.352 e. The van der Waals surface area contributed by atoms with E-state index in [9.17, 15) is 9.59 Å². The van der Waals surface area contributed by atoms with Crippen molar-refractivity contribution in [2.24, 2.45) is 11.5 Å².